The minimum Gasteiger partial charge on any atom is -0.462 e. The Bertz CT molecular complexity index is 1540. The van der Waals surface area contributed by atoms with Crippen molar-refractivity contribution in [3.63, 3.8) is 0 Å². The van der Waals surface area contributed by atoms with Gasteiger partial charge in [-0.2, -0.15) is 10.2 Å². The van der Waals surface area contributed by atoms with Crippen molar-refractivity contribution in [1.29, 1.82) is 0 Å². The number of alkyl halides is 3. The predicted octanol–water partition coefficient (Wildman–Crippen LogP) is 5.68. The number of nitrogens with one attached hydrogen (secondary N) is 1. The monoisotopic (exact) mass is 555 g/mol. The second-order valence-corrected chi connectivity index (χ2v) is 9.58. The summed E-state index contributed by atoms with van der Waals surface area (Å²) in [6.45, 7) is 8.09. The zero-order valence-corrected chi connectivity index (χ0v) is 22.4. The Morgan fingerprint density at radius 2 is 1.82 bits per heavy atom. The molecule has 0 amide bonds. The summed E-state index contributed by atoms with van der Waals surface area (Å²) in [5.74, 6) is 1.42. The van der Waals surface area contributed by atoms with Crippen molar-refractivity contribution in [2.45, 2.75) is 53.4 Å². The van der Waals surface area contributed by atoms with Crippen LogP contribution < -0.4 is 10.1 Å². The van der Waals surface area contributed by atoms with Crippen LogP contribution in [0.2, 0.25) is 0 Å². The largest absolute Gasteiger partial charge is 0.573 e. The van der Waals surface area contributed by atoms with E-state index >= 15 is 0 Å². The summed E-state index contributed by atoms with van der Waals surface area (Å²) in [4.78, 5) is 21.1. The van der Waals surface area contributed by atoms with Gasteiger partial charge in [-0.1, -0.05) is 0 Å². The van der Waals surface area contributed by atoms with Gasteiger partial charge in [-0.05, 0) is 70.7 Å². The van der Waals surface area contributed by atoms with Crippen LogP contribution in [0.4, 0.5) is 24.8 Å². The number of anilines is 2. The van der Waals surface area contributed by atoms with E-state index in [9.17, 15) is 18.0 Å². The first-order valence-electron chi connectivity index (χ1n) is 12.8. The van der Waals surface area contributed by atoms with Crippen LogP contribution in [0.5, 0.6) is 5.75 Å². The molecule has 1 N–H and O–H groups in total. The van der Waals surface area contributed by atoms with Gasteiger partial charge in [0.25, 0.3) is 0 Å². The first-order chi connectivity index (χ1) is 19.0. The van der Waals surface area contributed by atoms with Crippen LogP contribution in [0.25, 0.3) is 17.1 Å². The summed E-state index contributed by atoms with van der Waals surface area (Å²) in [5.41, 5.74) is 3.61. The molecule has 3 heterocycles. The molecule has 5 rings (SSSR count). The highest BCUT2D eigenvalue weighted by atomic mass is 19.4. The lowest BCUT2D eigenvalue weighted by Gasteiger charge is -2.11. The topological polar surface area (TPSA) is 109 Å². The van der Waals surface area contributed by atoms with Gasteiger partial charge in [0.2, 0.25) is 0 Å². The average Bonchev–Trinajstić information content (AvgIpc) is 3.60. The zero-order chi connectivity index (χ0) is 28.6. The van der Waals surface area contributed by atoms with E-state index in [1.165, 1.54) is 18.5 Å². The first kappa shape index (κ1) is 27.2. The molecule has 0 radical (unpaired) electrons. The quantitative estimate of drug-likeness (QED) is 0.263. The molecular formula is C27H28F3N7O3. The molecule has 13 heteroatoms. The van der Waals surface area contributed by atoms with E-state index in [2.05, 4.69) is 25.1 Å². The van der Waals surface area contributed by atoms with Gasteiger partial charge in [0.15, 0.2) is 5.82 Å². The minimum absolute atomic E-state index is 0.256. The average molecular weight is 556 g/mol. The Kier molecular flexibility index (Phi) is 7.21. The molecule has 1 fully saturated rings. The fourth-order valence-corrected chi connectivity index (χ4v) is 4.49. The first-order valence-corrected chi connectivity index (χ1v) is 12.8. The Balaban J connectivity index is 1.46. The van der Waals surface area contributed by atoms with Gasteiger partial charge >= 0.3 is 12.3 Å². The van der Waals surface area contributed by atoms with Gasteiger partial charge in [-0.3, -0.25) is 0 Å². The highest BCUT2D eigenvalue weighted by molar-refractivity contribution is 5.92. The summed E-state index contributed by atoms with van der Waals surface area (Å²) in [7, 11) is 0. The number of carbonyl (C=O) groups is 1. The third-order valence-corrected chi connectivity index (χ3v) is 6.57. The van der Waals surface area contributed by atoms with E-state index < -0.39 is 12.3 Å². The molecule has 0 saturated heterocycles. The van der Waals surface area contributed by atoms with Crippen molar-refractivity contribution >= 4 is 17.6 Å². The van der Waals surface area contributed by atoms with Gasteiger partial charge in [-0.25, -0.2) is 24.1 Å². The van der Waals surface area contributed by atoms with Gasteiger partial charge in [-0.15, -0.1) is 13.2 Å². The SMILES string of the molecule is CCOC(=O)c1c(C)nn(-c2cc(Nc3c(C)c(-c4ccc(OC(F)(F)F)cc4)nn3CC3CC3)ncn2)c1C. The van der Waals surface area contributed by atoms with Gasteiger partial charge in [0.05, 0.1) is 23.7 Å². The maximum Gasteiger partial charge on any atom is 0.573 e. The molecular weight excluding hydrogens is 527 g/mol. The normalized spacial score (nSPS) is 13.4. The van der Waals surface area contributed by atoms with Crippen LogP contribution >= 0.6 is 0 Å². The number of nitrogens with zero attached hydrogens (tertiary/aromatic N) is 6. The van der Waals surface area contributed by atoms with Crippen LogP contribution in [0, 0.1) is 26.7 Å². The van der Waals surface area contributed by atoms with Crippen molar-refractivity contribution in [3.8, 4) is 22.8 Å². The Hall–Kier alpha value is -4.42. The fraction of sp³-hybridized carbons (Fsp3) is 0.370. The van der Waals surface area contributed by atoms with Crippen molar-refractivity contribution in [3.05, 3.63) is 59.2 Å². The minimum atomic E-state index is -4.76. The zero-order valence-electron chi connectivity index (χ0n) is 22.4. The Morgan fingerprint density at radius 3 is 2.48 bits per heavy atom. The van der Waals surface area contributed by atoms with Crippen molar-refractivity contribution < 1.29 is 27.4 Å². The predicted molar refractivity (Wildman–Crippen MR) is 140 cm³/mol. The molecule has 210 valence electrons. The number of rotatable bonds is 9. The number of benzene rings is 1. The van der Waals surface area contributed by atoms with Gasteiger partial charge in [0.1, 0.15) is 29.3 Å². The highest BCUT2D eigenvalue weighted by Crippen LogP contribution is 2.36. The fourth-order valence-electron chi connectivity index (χ4n) is 4.49. The summed E-state index contributed by atoms with van der Waals surface area (Å²) in [5, 5.41) is 12.6. The van der Waals surface area contributed by atoms with E-state index in [-0.39, 0.29) is 12.4 Å². The smallest absolute Gasteiger partial charge is 0.462 e. The molecule has 1 aliphatic rings. The second kappa shape index (κ2) is 10.6. The highest BCUT2D eigenvalue weighted by Gasteiger charge is 2.31. The lowest BCUT2D eigenvalue weighted by molar-refractivity contribution is -0.274. The Labute approximate surface area is 228 Å². The summed E-state index contributed by atoms with van der Waals surface area (Å²) in [6, 6.07) is 7.35. The van der Waals surface area contributed by atoms with E-state index in [0.717, 1.165) is 18.4 Å². The molecule has 3 aromatic heterocycles. The molecule has 0 unspecified atom stereocenters. The molecule has 0 spiro atoms. The lowest BCUT2D eigenvalue weighted by Crippen LogP contribution is -2.16. The molecule has 0 atom stereocenters. The number of esters is 1. The number of hydrogen-bond acceptors (Lipinski definition) is 8. The molecule has 0 aliphatic heterocycles. The molecule has 1 saturated carbocycles. The van der Waals surface area contributed by atoms with E-state index in [1.807, 2.05) is 11.6 Å². The van der Waals surface area contributed by atoms with E-state index in [4.69, 9.17) is 9.84 Å². The molecule has 1 aromatic carbocycles. The van der Waals surface area contributed by atoms with Gasteiger partial charge < -0.3 is 14.8 Å². The molecule has 10 nitrogen and oxygen atoms in total. The number of ether oxygens (including phenoxy) is 2. The van der Waals surface area contributed by atoms with Crippen molar-refractivity contribution in [2.24, 2.45) is 5.92 Å². The third kappa shape index (κ3) is 5.77. The second-order valence-electron chi connectivity index (χ2n) is 9.58. The molecule has 0 bridgehead atoms. The summed E-state index contributed by atoms with van der Waals surface area (Å²) in [6.07, 6.45) is -1.15. The molecule has 4 aromatic rings. The maximum absolute atomic E-state index is 12.6. The Morgan fingerprint density at radius 1 is 1.10 bits per heavy atom. The third-order valence-electron chi connectivity index (χ3n) is 6.57. The standard InChI is InChI=1S/C27H28F3N7O3/c1-5-39-26(38)23-16(3)34-37(17(23)4)22-12-21(31-14-32-22)33-25-15(2)24(35-36(25)13-18-6-7-18)19-8-10-20(11-9-19)40-27(28,29)30/h8-12,14,18H,5-7,13H2,1-4H3,(H,31,32,33). The number of carbonyl (C=O) groups excluding carboxylic acids is 1. The number of aromatic nitrogens is 6. The van der Waals surface area contributed by atoms with Crippen LogP contribution in [-0.4, -0.2) is 48.5 Å². The molecule has 1 aliphatic carbocycles. The van der Waals surface area contributed by atoms with Crippen LogP contribution in [0.15, 0.2) is 36.7 Å². The number of hydrogen-bond donors (Lipinski definition) is 1. The van der Waals surface area contributed by atoms with Crippen molar-refractivity contribution in [1.82, 2.24) is 29.5 Å². The van der Waals surface area contributed by atoms with Crippen LogP contribution in [-0.2, 0) is 11.3 Å². The molecule has 40 heavy (non-hydrogen) atoms. The summed E-state index contributed by atoms with van der Waals surface area (Å²) < 4.78 is 50.3. The maximum atomic E-state index is 12.6. The van der Waals surface area contributed by atoms with Crippen LogP contribution in [0.3, 0.4) is 0 Å². The van der Waals surface area contributed by atoms with E-state index in [0.29, 0.717) is 58.1 Å². The number of aryl methyl sites for hydroxylation is 1. The lowest BCUT2D eigenvalue weighted by atomic mass is 10.1. The van der Waals surface area contributed by atoms with Crippen LogP contribution in [0.1, 0.15) is 47.1 Å². The van der Waals surface area contributed by atoms with Crippen molar-refractivity contribution in [2.75, 3.05) is 11.9 Å². The summed E-state index contributed by atoms with van der Waals surface area (Å²) >= 11 is 0. The van der Waals surface area contributed by atoms with Gasteiger partial charge in [0, 0.05) is 23.7 Å². The number of halogens is 3. The van der Waals surface area contributed by atoms with E-state index in [1.54, 1.807) is 43.7 Å².